The minimum absolute atomic E-state index is 0.119. The molecular formula is C13H17F2NO2S. The second-order valence-corrected chi connectivity index (χ2v) is 7.41. The summed E-state index contributed by atoms with van der Waals surface area (Å²) in [6.45, 7) is 2.05. The number of anilines is 1. The van der Waals surface area contributed by atoms with Crippen molar-refractivity contribution in [3.63, 3.8) is 0 Å². The van der Waals surface area contributed by atoms with Crippen LogP contribution in [0.15, 0.2) is 17.0 Å². The number of hydrogen-bond acceptors (Lipinski definition) is 3. The van der Waals surface area contributed by atoms with E-state index in [1.807, 2.05) is 6.92 Å². The average Bonchev–Trinajstić information content (AvgIpc) is 2.27. The van der Waals surface area contributed by atoms with E-state index in [-0.39, 0.29) is 5.69 Å². The second kappa shape index (κ2) is 5.07. The summed E-state index contributed by atoms with van der Waals surface area (Å²) in [5, 5.41) is -0.698. The fourth-order valence-electron chi connectivity index (χ4n) is 2.56. The number of sulfone groups is 1. The standard InChI is InChI=1S/C13H17F2NO2S/c1-8-2-4-10(5-3-8)19(17,18)13-11(14)6-9(16)7-12(13)15/h6-8,10H,2-5,16H2,1H3. The third-order valence-electron chi connectivity index (χ3n) is 3.71. The lowest BCUT2D eigenvalue weighted by Crippen LogP contribution is -2.28. The maximum absolute atomic E-state index is 13.7. The lowest BCUT2D eigenvalue weighted by Gasteiger charge is -2.26. The topological polar surface area (TPSA) is 60.2 Å². The van der Waals surface area contributed by atoms with Gasteiger partial charge in [0.05, 0.1) is 5.25 Å². The normalized spacial score (nSPS) is 24.4. The number of nitrogens with two attached hydrogens (primary N) is 1. The van der Waals surface area contributed by atoms with Crippen LogP contribution in [0.4, 0.5) is 14.5 Å². The van der Waals surface area contributed by atoms with Crippen LogP contribution in [0.3, 0.4) is 0 Å². The highest BCUT2D eigenvalue weighted by atomic mass is 32.2. The summed E-state index contributed by atoms with van der Waals surface area (Å²) in [6, 6.07) is 1.70. The van der Waals surface area contributed by atoms with Gasteiger partial charge in [-0.2, -0.15) is 0 Å². The summed E-state index contributed by atoms with van der Waals surface area (Å²) in [4.78, 5) is -0.832. The molecule has 0 radical (unpaired) electrons. The van der Waals surface area contributed by atoms with Crippen LogP contribution >= 0.6 is 0 Å². The highest BCUT2D eigenvalue weighted by Crippen LogP contribution is 2.34. The van der Waals surface area contributed by atoms with Crippen LogP contribution in [-0.4, -0.2) is 13.7 Å². The van der Waals surface area contributed by atoms with Gasteiger partial charge in [0.15, 0.2) is 9.84 Å². The number of benzene rings is 1. The SMILES string of the molecule is CC1CCC(S(=O)(=O)c2c(F)cc(N)cc2F)CC1. The Morgan fingerprint density at radius 3 is 2.05 bits per heavy atom. The zero-order chi connectivity index (χ0) is 14.2. The van der Waals surface area contributed by atoms with E-state index < -0.39 is 31.6 Å². The maximum atomic E-state index is 13.7. The van der Waals surface area contributed by atoms with E-state index in [4.69, 9.17) is 5.73 Å². The van der Waals surface area contributed by atoms with Gasteiger partial charge in [-0.15, -0.1) is 0 Å². The Bertz CT molecular complexity index is 555. The van der Waals surface area contributed by atoms with Gasteiger partial charge in [0.25, 0.3) is 0 Å². The molecule has 0 saturated heterocycles. The molecule has 1 fully saturated rings. The van der Waals surface area contributed by atoms with E-state index in [1.54, 1.807) is 0 Å². The quantitative estimate of drug-likeness (QED) is 0.852. The Balaban J connectivity index is 2.40. The first-order chi connectivity index (χ1) is 8.82. The van der Waals surface area contributed by atoms with Crippen molar-refractivity contribution in [2.45, 2.75) is 42.8 Å². The largest absolute Gasteiger partial charge is 0.399 e. The van der Waals surface area contributed by atoms with Crippen molar-refractivity contribution < 1.29 is 17.2 Å². The molecule has 1 aliphatic carbocycles. The predicted octanol–water partition coefficient (Wildman–Crippen LogP) is 2.90. The van der Waals surface area contributed by atoms with Crippen molar-refractivity contribution in [3.8, 4) is 0 Å². The van der Waals surface area contributed by atoms with Crippen molar-refractivity contribution >= 4 is 15.5 Å². The molecule has 0 aromatic heterocycles. The average molecular weight is 289 g/mol. The smallest absolute Gasteiger partial charge is 0.187 e. The zero-order valence-corrected chi connectivity index (χ0v) is 11.5. The van der Waals surface area contributed by atoms with Gasteiger partial charge in [-0.1, -0.05) is 6.92 Å². The van der Waals surface area contributed by atoms with Gasteiger partial charge in [0.2, 0.25) is 0 Å². The highest BCUT2D eigenvalue weighted by molar-refractivity contribution is 7.92. The summed E-state index contributed by atoms with van der Waals surface area (Å²) in [5.74, 6) is -1.74. The summed E-state index contributed by atoms with van der Waals surface area (Å²) < 4.78 is 52.1. The summed E-state index contributed by atoms with van der Waals surface area (Å²) in [6.07, 6.45) is 2.43. The monoisotopic (exact) mass is 289 g/mol. The minimum atomic E-state index is -3.97. The number of rotatable bonds is 2. The Labute approximate surface area is 111 Å². The molecule has 0 aliphatic heterocycles. The van der Waals surface area contributed by atoms with Crippen molar-refractivity contribution in [2.24, 2.45) is 5.92 Å². The van der Waals surface area contributed by atoms with Crippen molar-refractivity contribution in [1.82, 2.24) is 0 Å². The molecule has 0 unspecified atom stereocenters. The van der Waals surface area contributed by atoms with Crippen LogP contribution in [0.2, 0.25) is 0 Å². The van der Waals surface area contributed by atoms with E-state index in [0.717, 1.165) is 25.0 Å². The molecule has 1 saturated carbocycles. The molecule has 3 nitrogen and oxygen atoms in total. The number of nitrogen functional groups attached to an aromatic ring is 1. The van der Waals surface area contributed by atoms with Crippen molar-refractivity contribution in [2.75, 3.05) is 5.73 Å². The molecule has 106 valence electrons. The molecule has 19 heavy (non-hydrogen) atoms. The molecular weight excluding hydrogens is 272 g/mol. The van der Waals surface area contributed by atoms with Gasteiger partial charge in [-0.25, -0.2) is 17.2 Å². The summed E-state index contributed by atoms with van der Waals surface area (Å²) in [7, 11) is -3.97. The van der Waals surface area contributed by atoms with Gasteiger partial charge in [0.1, 0.15) is 16.5 Å². The lowest BCUT2D eigenvalue weighted by atomic mass is 9.91. The number of hydrogen-bond donors (Lipinski definition) is 1. The molecule has 0 amide bonds. The third kappa shape index (κ3) is 2.73. The van der Waals surface area contributed by atoms with Crippen molar-refractivity contribution in [3.05, 3.63) is 23.8 Å². The molecule has 0 atom stereocenters. The van der Waals surface area contributed by atoms with Crippen LogP contribution in [0.5, 0.6) is 0 Å². The van der Waals surface area contributed by atoms with Crippen molar-refractivity contribution in [1.29, 1.82) is 0 Å². The van der Waals surface area contributed by atoms with E-state index >= 15 is 0 Å². The molecule has 6 heteroatoms. The van der Waals surface area contributed by atoms with Crippen LogP contribution < -0.4 is 5.73 Å². The zero-order valence-electron chi connectivity index (χ0n) is 10.7. The Hall–Kier alpha value is -1.17. The minimum Gasteiger partial charge on any atom is -0.399 e. The van der Waals surface area contributed by atoms with E-state index in [0.29, 0.717) is 18.8 Å². The van der Waals surface area contributed by atoms with Crippen LogP contribution in [0.25, 0.3) is 0 Å². The molecule has 2 rings (SSSR count). The Kier molecular flexibility index (Phi) is 3.80. The van der Waals surface area contributed by atoms with Gasteiger partial charge in [-0.05, 0) is 43.7 Å². The Morgan fingerprint density at radius 2 is 1.58 bits per heavy atom. The third-order valence-corrected chi connectivity index (χ3v) is 6.01. The van der Waals surface area contributed by atoms with Gasteiger partial charge in [0, 0.05) is 5.69 Å². The van der Waals surface area contributed by atoms with Gasteiger partial charge < -0.3 is 5.73 Å². The van der Waals surface area contributed by atoms with Gasteiger partial charge >= 0.3 is 0 Å². The molecule has 1 aromatic carbocycles. The Morgan fingerprint density at radius 1 is 1.11 bits per heavy atom. The fraction of sp³-hybridized carbons (Fsp3) is 0.538. The van der Waals surface area contributed by atoms with Gasteiger partial charge in [-0.3, -0.25) is 0 Å². The van der Waals surface area contributed by atoms with E-state index in [2.05, 4.69) is 0 Å². The predicted molar refractivity (Wildman–Crippen MR) is 69.4 cm³/mol. The number of halogens is 2. The highest BCUT2D eigenvalue weighted by Gasteiger charge is 2.35. The molecule has 0 spiro atoms. The maximum Gasteiger partial charge on any atom is 0.187 e. The fourth-order valence-corrected chi connectivity index (χ4v) is 4.45. The van der Waals surface area contributed by atoms with E-state index in [9.17, 15) is 17.2 Å². The molecule has 0 heterocycles. The molecule has 0 bridgehead atoms. The molecule has 1 aliphatic rings. The second-order valence-electron chi connectivity index (χ2n) is 5.24. The van der Waals surface area contributed by atoms with E-state index in [1.165, 1.54) is 0 Å². The van der Waals surface area contributed by atoms with Crippen LogP contribution in [-0.2, 0) is 9.84 Å². The van der Waals surface area contributed by atoms with Crippen LogP contribution in [0, 0.1) is 17.6 Å². The summed E-state index contributed by atoms with van der Waals surface area (Å²) >= 11 is 0. The first-order valence-electron chi connectivity index (χ1n) is 6.30. The molecule has 2 N–H and O–H groups in total. The molecule has 1 aromatic rings. The van der Waals surface area contributed by atoms with Crippen LogP contribution in [0.1, 0.15) is 32.6 Å². The summed E-state index contributed by atoms with van der Waals surface area (Å²) in [5.41, 5.74) is 5.17. The first-order valence-corrected chi connectivity index (χ1v) is 7.85. The lowest BCUT2D eigenvalue weighted by molar-refractivity contribution is 0.380. The first kappa shape index (κ1) is 14.2.